The number of imidazole rings is 1. The van der Waals surface area contributed by atoms with E-state index in [1.807, 2.05) is 0 Å². The van der Waals surface area contributed by atoms with Gasteiger partial charge < -0.3 is 24.9 Å². The molecule has 0 aliphatic carbocycles. The monoisotopic (exact) mass is 919 g/mol. The number of H-pyrrole nitrogens is 1. The fourth-order valence-electron chi connectivity index (χ4n) is 5.19. The highest BCUT2D eigenvalue weighted by atomic mass is 19.4. The maximum Gasteiger partial charge on any atom is 0.460 e. The van der Waals surface area contributed by atoms with Gasteiger partial charge in [-0.2, -0.15) is 65.9 Å². The number of carboxylic acids is 1. The molecule has 24 heteroatoms. The van der Waals surface area contributed by atoms with Crippen molar-refractivity contribution in [1.82, 2.24) is 15.3 Å². The Balaban J connectivity index is 1.55. The van der Waals surface area contributed by atoms with Crippen LogP contribution in [0.5, 0.6) is 5.75 Å². The Labute approximate surface area is 344 Å². The number of ether oxygens (including phenoxy) is 2. The minimum absolute atomic E-state index is 0.0673. The third-order valence-electron chi connectivity index (χ3n) is 8.58. The van der Waals surface area contributed by atoms with Gasteiger partial charge in [-0.25, -0.2) is 14.6 Å². The summed E-state index contributed by atoms with van der Waals surface area (Å²) in [5, 5.41) is 9.80. The average Bonchev–Trinajstić information content (AvgIpc) is 3.66. The quantitative estimate of drug-likeness (QED) is 0.0515. The second kappa shape index (κ2) is 18.1. The number of alkyl halides is 15. The minimum atomic E-state index is -8.44. The van der Waals surface area contributed by atoms with E-state index in [1.54, 1.807) is 43.3 Å². The zero-order chi connectivity index (χ0) is 47.4. The Morgan fingerprint density at radius 2 is 1.13 bits per heavy atom. The molecule has 0 unspecified atom stereocenters. The topological polar surface area (TPSA) is 131 Å². The van der Waals surface area contributed by atoms with Gasteiger partial charge in [-0.1, -0.05) is 48.5 Å². The van der Waals surface area contributed by atoms with Crippen LogP contribution in [0, 0.1) is 0 Å². The first-order valence-corrected chi connectivity index (χ1v) is 17.4. The van der Waals surface area contributed by atoms with Crippen molar-refractivity contribution in [3.05, 3.63) is 96.1 Å². The van der Waals surface area contributed by atoms with Crippen LogP contribution in [0.2, 0.25) is 0 Å². The van der Waals surface area contributed by atoms with Gasteiger partial charge in [-0.05, 0) is 54.5 Å². The van der Waals surface area contributed by atoms with Gasteiger partial charge in [0.05, 0.1) is 24.5 Å². The summed E-state index contributed by atoms with van der Waals surface area (Å²) in [6.07, 6.45) is -3.80. The van der Waals surface area contributed by atoms with Crippen LogP contribution in [0.25, 0.3) is 46.1 Å². The van der Waals surface area contributed by atoms with Gasteiger partial charge in [0, 0.05) is 28.8 Å². The number of halogens is 15. The van der Waals surface area contributed by atoms with Crippen molar-refractivity contribution >= 4 is 30.0 Å². The number of hydrogen-bond acceptors (Lipinski definition) is 6. The molecule has 4 rings (SSSR count). The van der Waals surface area contributed by atoms with Gasteiger partial charge >= 0.3 is 53.7 Å². The number of carbonyl (C=O) groups excluding carboxylic acids is 2. The van der Waals surface area contributed by atoms with E-state index in [1.165, 1.54) is 48.6 Å². The number of hydrogen-bond donors (Lipinski definition) is 3. The van der Waals surface area contributed by atoms with Crippen LogP contribution >= 0.6 is 0 Å². The highest BCUT2D eigenvalue weighted by Crippen LogP contribution is 2.62. The van der Waals surface area contributed by atoms with E-state index in [-0.39, 0.29) is 17.9 Å². The summed E-state index contributed by atoms with van der Waals surface area (Å²) in [6, 6.07) is 18.2. The van der Waals surface area contributed by atoms with Gasteiger partial charge in [0.15, 0.2) is 6.61 Å². The van der Waals surface area contributed by atoms with E-state index in [0.717, 1.165) is 11.4 Å². The van der Waals surface area contributed by atoms with E-state index in [9.17, 15) is 80.2 Å². The summed E-state index contributed by atoms with van der Waals surface area (Å²) < 4.78 is 212. The Morgan fingerprint density at radius 3 is 1.63 bits per heavy atom. The van der Waals surface area contributed by atoms with Gasteiger partial charge in [-0.3, -0.25) is 4.79 Å². The minimum Gasteiger partial charge on any atom is -0.482 e. The van der Waals surface area contributed by atoms with Crippen LogP contribution in [-0.4, -0.2) is 94.4 Å². The van der Waals surface area contributed by atoms with E-state index < -0.39 is 72.7 Å². The molecule has 3 N–H and O–H groups in total. The Bertz CT molecular complexity index is 2320. The van der Waals surface area contributed by atoms with Crippen molar-refractivity contribution in [2.24, 2.45) is 0 Å². The molecule has 1 aromatic heterocycles. The van der Waals surface area contributed by atoms with Crippen molar-refractivity contribution in [2.45, 2.75) is 48.6 Å². The van der Waals surface area contributed by atoms with Crippen molar-refractivity contribution in [1.29, 1.82) is 0 Å². The lowest BCUT2D eigenvalue weighted by atomic mass is 9.91. The zero-order valence-electron chi connectivity index (χ0n) is 31.5. The second-order valence-electron chi connectivity index (χ2n) is 13.0. The molecule has 9 nitrogen and oxygen atoms in total. The molecule has 0 atom stereocenters. The van der Waals surface area contributed by atoms with Gasteiger partial charge in [-0.15, -0.1) is 0 Å². The number of aromatic amines is 1. The van der Waals surface area contributed by atoms with E-state index >= 15 is 0 Å². The van der Waals surface area contributed by atoms with Crippen LogP contribution in [0.15, 0.2) is 84.9 Å². The molecule has 1 amide bonds. The van der Waals surface area contributed by atoms with Gasteiger partial charge in [0.1, 0.15) is 11.6 Å². The smallest absolute Gasteiger partial charge is 0.460 e. The number of rotatable bonds is 18. The molecule has 1 heterocycles. The second-order valence-corrected chi connectivity index (χ2v) is 13.0. The summed E-state index contributed by atoms with van der Waals surface area (Å²) >= 11 is 0. The highest BCUT2D eigenvalue weighted by Gasteiger charge is 2.93. The molecular weight excluding hydrogens is 891 g/mol. The van der Waals surface area contributed by atoms with Crippen LogP contribution in [-0.2, 0) is 19.1 Å². The summed E-state index contributed by atoms with van der Waals surface area (Å²) in [5.41, 5.74) is 2.86. The molecule has 340 valence electrons. The Hall–Kier alpha value is -6.49. The lowest BCUT2D eigenvalue weighted by molar-refractivity contribution is -0.451. The summed E-state index contributed by atoms with van der Waals surface area (Å²) in [6.45, 7) is -1.83. The third kappa shape index (κ3) is 10.1. The summed E-state index contributed by atoms with van der Waals surface area (Å²) in [5.74, 6) is -50.7. The molecule has 3 aromatic carbocycles. The molecule has 0 aliphatic rings. The van der Waals surface area contributed by atoms with Crippen molar-refractivity contribution in [3.8, 4) is 39.7 Å². The molecule has 4 aromatic rings. The SMILES string of the molecule is CCOC(=O)C=Cc1ccc(-c2nc(-c3ccc(OCC(=O)O)cc3)c(-c3ccc(C=CC(=O)NCC(F)(F)C(F)(F)C(F)(F)C(F)(F)C(F)(F)C(F)(F)C(F)(F)F)cc3)[nH]2)cc1. The zero-order valence-corrected chi connectivity index (χ0v) is 31.5. The number of carbonyl (C=O) groups is 3. The molecule has 0 saturated carbocycles. The van der Waals surface area contributed by atoms with Crippen molar-refractivity contribution in [3.63, 3.8) is 0 Å². The lowest BCUT2D eigenvalue weighted by Crippen LogP contribution is -2.73. The number of carboxylic acid groups (broad SMARTS) is 1. The number of aromatic nitrogens is 2. The number of amides is 1. The molecule has 0 spiro atoms. The Morgan fingerprint density at radius 1 is 0.651 bits per heavy atom. The molecule has 0 aliphatic heterocycles. The van der Waals surface area contributed by atoms with Gasteiger partial charge in [0.2, 0.25) is 5.91 Å². The predicted octanol–water partition coefficient (Wildman–Crippen LogP) is 9.95. The van der Waals surface area contributed by atoms with Crippen molar-refractivity contribution in [2.75, 3.05) is 19.8 Å². The predicted molar refractivity (Wildman–Crippen MR) is 191 cm³/mol. The van der Waals surface area contributed by atoms with E-state index in [0.29, 0.717) is 45.5 Å². The molecule has 0 fully saturated rings. The molecule has 0 saturated heterocycles. The standard InChI is InChI=1S/C39H28F15N3O6/c1-2-62-29(61)18-8-22-5-11-25(12-6-22)32-56-30(31(57-32)24-13-15-26(16-14-24)63-19-28(59)60)23-9-3-21(4-10-23)7-17-27(58)55-20-33(40,41)34(42,43)35(44,45)36(46,47)37(48,49)38(50,51)39(52,53)54/h3-18H,2,19-20H2,1H3,(H,55,58)(H,56,57)(H,59,60). The lowest BCUT2D eigenvalue weighted by Gasteiger charge is -2.41. The first-order chi connectivity index (χ1) is 29.0. The van der Waals surface area contributed by atoms with Crippen LogP contribution in [0.1, 0.15) is 18.1 Å². The first-order valence-electron chi connectivity index (χ1n) is 17.4. The number of aliphatic carboxylic acids is 1. The number of nitrogens with one attached hydrogen (secondary N) is 2. The maximum absolute atomic E-state index is 14.2. The molecule has 0 radical (unpaired) electrons. The molecule has 0 bridgehead atoms. The van der Waals surface area contributed by atoms with Crippen LogP contribution < -0.4 is 10.1 Å². The Kier molecular flexibility index (Phi) is 14.1. The average molecular weight is 920 g/mol. The number of benzene rings is 3. The van der Waals surface area contributed by atoms with E-state index in [4.69, 9.17) is 19.6 Å². The van der Waals surface area contributed by atoms with Crippen LogP contribution in [0.3, 0.4) is 0 Å². The number of esters is 1. The third-order valence-corrected chi connectivity index (χ3v) is 8.58. The highest BCUT2D eigenvalue weighted by molar-refractivity contribution is 5.92. The molecular formula is C39H28F15N3O6. The fourth-order valence-corrected chi connectivity index (χ4v) is 5.19. The van der Waals surface area contributed by atoms with E-state index in [2.05, 4.69) is 4.98 Å². The summed E-state index contributed by atoms with van der Waals surface area (Å²) in [4.78, 5) is 42.6. The van der Waals surface area contributed by atoms with Crippen molar-refractivity contribution < 1.29 is 94.8 Å². The fraction of sp³-hybridized carbons (Fsp3) is 0.282. The van der Waals surface area contributed by atoms with Crippen LogP contribution in [0.4, 0.5) is 65.9 Å². The molecule has 63 heavy (non-hydrogen) atoms. The number of nitrogens with zero attached hydrogens (tertiary/aromatic N) is 1. The maximum atomic E-state index is 14.2. The largest absolute Gasteiger partial charge is 0.482 e. The normalized spacial score (nSPS) is 13.4. The first kappa shape index (κ1) is 49.2. The summed E-state index contributed by atoms with van der Waals surface area (Å²) in [7, 11) is 0. The van der Waals surface area contributed by atoms with Gasteiger partial charge in [0.25, 0.3) is 0 Å².